The molecule has 0 radical (unpaired) electrons. The van der Waals surface area contributed by atoms with E-state index in [0.717, 1.165) is 18.1 Å². The van der Waals surface area contributed by atoms with Crippen LogP contribution in [0.4, 0.5) is 0 Å². The van der Waals surface area contributed by atoms with Crippen molar-refractivity contribution in [2.75, 3.05) is 13.7 Å². The minimum atomic E-state index is -2.44. The largest absolute Gasteiger partial charge is 0.466 e. The minimum absolute atomic E-state index is 0.0213. The molecule has 1 aromatic heterocycles. The maximum atomic E-state index is 12.0. The fourth-order valence-corrected chi connectivity index (χ4v) is 1.48. The van der Waals surface area contributed by atoms with Crippen LogP contribution in [-0.4, -0.2) is 45.5 Å². The first-order chi connectivity index (χ1) is 8.89. The molecule has 1 unspecified atom stereocenters. The lowest BCUT2D eigenvalue weighted by Gasteiger charge is -2.25. The summed E-state index contributed by atoms with van der Waals surface area (Å²) >= 11 is 0. The van der Waals surface area contributed by atoms with Crippen LogP contribution in [0.15, 0.2) is 18.5 Å². The van der Waals surface area contributed by atoms with Gasteiger partial charge in [0.25, 0.3) is 5.60 Å². The van der Waals surface area contributed by atoms with Crippen molar-refractivity contribution in [2.24, 2.45) is 7.05 Å². The topological polar surface area (TPSA) is 104 Å². The Bertz CT molecular complexity index is 510. The Morgan fingerprint density at radius 1 is 1.58 bits per heavy atom. The van der Waals surface area contributed by atoms with Crippen molar-refractivity contribution in [3.8, 4) is 0 Å². The fraction of sp³-hybridized carbons (Fsp3) is 0.455. The van der Waals surface area contributed by atoms with Crippen LogP contribution in [0.5, 0.6) is 0 Å². The van der Waals surface area contributed by atoms with E-state index in [2.05, 4.69) is 21.4 Å². The number of ether oxygens (including phenoxy) is 2. The maximum Gasteiger partial charge on any atom is 0.351 e. The summed E-state index contributed by atoms with van der Waals surface area (Å²) in [5.41, 5.74) is -2.93. The van der Waals surface area contributed by atoms with E-state index in [1.807, 2.05) is 0 Å². The van der Waals surface area contributed by atoms with Crippen LogP contribution >= 0.6 is 0 Å². The third-order valence-corrected chi connectivity index (χ3v) is 2.47. The van der Waals surface area contributed by atoms with E-state index in [1.54, 1.807) is 6.92 Å². The standard InChI is InChI=1S/C11H15N3O5/c1-5-19-10(16)11(17,7(2)8(15)18-4)9-12-6-13-14(9)3/h6,17H,2,5H2,1,3-4H3. The lowest BCUT2D eigenvalue weighted by atomic mass is 9.93. The second-order valence-corrected chi connectivity index (χ2v) is 3.61. The molecule has 0 fully saturated rings. The van der Waals surface area contributed by atoms with Crippen LogP contribution in [-0.2, 0) is 31.7 Å². The molecule has 8 nitrogen and oxygen atoms in total. The minimum Gasteiger partial charge on any atom is -0.466 e. The van der Waals surface area contributed by atoms with Gasteiger partial charge in [-0.3, -0.25) is 0 Å². The molecule has 0 saturated carbocycles. The van der Waals surface area contributed by atoms with Crippen molar-refractivity contribution >= 4 is 11.9 Å². The van der Waals surface area contributed by atoms with Gasteiger partial charge in [0.2, 0.25) is 0 Å². The molecule has 1 aromatic rings. The number of rotatable bonds is 5. The third-order valence-electron chi connectivity index (χ3n) is 2.47. The van der Waals surface area contributed by atoms with Crippen LogP contribution in [0.25, 0.3) is 0 Å². The average Bonchev–Trinajstić information content (AvgIpc) is 2.82. The molecule has 0 spiro atoms. The van der Waals surface area contributed by atoms with Crippen molar-refractivity contribution in [3.05, 3.63) is 24.3 Å². The summed E-state index contributed by atoms with van der Waals surface area (Å²) in [5, 5.41) is 14.3. The highest BCUT2D eigenvalue weighted by molar-refractivity contribution is 5.99. The number of carbonyl (C=O) groups excluding carboxylic acids is 2. The first-order valence-electron chi connectivity index (χ1n) is 5.41. The third kappa shape index (κ3) is 2.48. The predicted octanol–water partition coefficient (Wildman–Crippen LogP) is -0.705. The highest BCUT2D eigenvalue weighted by Crippen LogP contribution is 2.29. The number of carbonyl (C=O) groups is 2. The highest BCUT2D eigenvalue weighted by Gasteiger charge is 2.49. The quantitative estimate of drug-likeness (QED) is 0.556. The molecule has 0 saturated heterocycles. The Hall–Kier alpha value is -2.22. The number of nitrogens with zero attached hydrogens (tertiary/aromatic N) is 3. The summed E-state index contributed by atoms with van der Waals surface area (Å²) in [5.74, 6) is -2.19. The summed E-state index contributed by atoms with van der Waals surface area (Å²) in [7, 11) is 2.56. The van der Waals surface area contributed by atoms with Crippen molar-refractivity contribution in [3.63, 3.8) is 0 Å². The van der Waals surface area contributed by atoms with Crippen LogP contribution < -0.4 is 0 Å². The molecule has 0 aliphatic carbocycles. The summed E-state index contributed by atoms with van der Waals surface area (Å²) in [6.07, 6.45) is 1.13. The first kappa shape index (κ1) is 14.8. The molecule has 19 heavy (non-hydrogen) atoms. The van der Waals surface area contributed by atoms with E-state index in [0.29, 0.717) is 0 Å². The van der Waals surface area contributed by atoms with Gasteiger partial charge in [-0.1, -0.05) is 6.58 Å². The number of hydrogen-bond acceptors (Lipinski definition) is 7. The second kappa shape index (κ2) is 5.61. The van der Waals surface area contributed by atoms with E-state index >= 15 is 0 Å². The number of aryl methyl sites for hydroxylation is 1. The van der Waals surface area contributed by atoms with Crippen LogP contribution in [0.3, 0.4) is 0 Å². The van der Waals surface area contributed by atoms with Gasteiger partial charge in [0.15, 0.2) is 5.82 Å². The van der Waals surface area contributed by atoms with Gasteiger partial charge >= 0.3 is 11.9 Å². The number of aliphatic hydroxyl groups is 1. The molecule has 1 N–H and O–H groups in total. The molecule has 104 valence electrons. The molecule has 1 rings (SSSR count). The molecule has 0 aliphatic rings. The maximum absolute atomic E-state index is 12.0. The molecule has 0 aromatic carbocycles. The zero-order valence-corrected chi connectivity index (χ0v) is 10.9. The Balaban J connectivity index is 3.34. The summed E-state index contributed by atoms with van der Waals surface area (Å²) in [6.45, 7) is 4.98. The van der Waals surface area contributed by atoms with E-state index in [4.69, 9.17) is 4.74 Å². The monoisotopic (exact) mass is 269 g/mol. The zero-order valence-electron chi connectivity index (χ0n) is 10.9. The number of esters is 2. The van der Waals surface area contributed by atoms with Crippen LogP contribution in [0.2, 0.25) is 0 Å². The van der Waals surface area contributed by atoms with Gasteiger partial charge in [-0.05, 0) is 6.92 Å². The summed E-state index contributed by atoms with van der Waals surface area (Å²) < 4.78 is 10.4. The molecule has 1 atom stereocenters. The number of hydrogen-bond donors (Lipinski definition) is 1. The zero-order chi connectivity index (χ0) is 14.6. The Morgan fingerprint density at radius 2 is 2.21 bits per heavy atom. The molecular formula is C11H15N3O5. The molecule has 8 heteroatoms. The Kier molecular flexibility index (Phi) is 4.38. The van der Waals surface area contributed by atoms with Crippen molar-refractivity contribution in [2.45, 2.75) is 12.5 Å². The normalized spacial score (nSPS) is 13.5. The highest BCUT2D eigenvalue weighted by atomic mass is 16.6. The molecule has 0 aliphatic heterocycles. The van der Waals surface area contributed by atoms with Gasteiger partial charge in [-0.15, -0.1) is 0 Å². The average molecular weight is 269 g/mol. The lowest BCUT2D eigenvalue weighted by molar-refractivity contribution is -0.166. The van der Waals surface area contributed by atoms with Gasteiger partial charge in [0, 0.05) is 7.05 Å². The van der Waals surface area contributed by atoms with Crippen LogP contribution in [0.1, 0.15) is 12.7 Å². The Labute approximate surface area is 109 Å². The van der Waals surface area contributed by atoms with Gasteiger partial charge in [-0.2, -0.15) is 5.10 Å². The number of aromatic nitrogens is 3. The van der Waals surface area contributed by atoms with Crippen molar-refractivity contribution < 1.29 is 24.2 Å². The van der Waals surface area contributed by atoms with Crippen molar-refractivity contribution in [1.29, 1.82) is 0 Å². The van der Waals surface area contributed by atoms with E-state index in [1.165, 1.54) is 7.05 Å². The van der Waals surface area contributed by atoms with E-state index in [-0.39, 0.29) is 12.4 Å². The number of methoxy groups -OCH3 is 1. The molecule has 1 heterocycles. The van der Waals surface area contributed by atoms with Gasteiger partial charge in [0.1, 0.15) is 6.33 Å². The van der Waals surface area contributed by atoms with E-state index < -0.39 is 23.1 Å². The van der Waals surface area contributed by atoms with Gasteiger partial charge in [0.05, 0.1) is 19.3 Å². The van der Waals surface area contributed by atoms with Crippen LogP contribution in [0, 0.1) is 0 Å². The fourth-order valence-electron chi connectivity index (χ4n) is 1.48. The smallest absolute Gasteiger partial charge is 0.351 e. The summed E-state index contributed by atoms with van der Waals surface area (Å²) in [6, 6.07) is 0. The predicted molar refractivity (Wildman–Crippen MR) is 62.7 cm³/mol. The van der Waals surface area contributed by atoms with Crippen molar-refractivity contribution in [1.82, 2.24) is 14.8 Å². The Morgan fingerprint density at radius 3 is 2.63 bits per heavy atom. The second-order valence-electron chi connectivity index (χ2n) is 3.61. The van der Waals surface area contributed by atoms with Gasteiger partial charge < -0.3 is 14.6 Å². The SMILES string of the molecule is C=C(C(=O)OC)C(O)(C(=O)OCC)c1ncnn1C. The van der Waals surface area contributed by atoms with E-state index in [9.17, 15) is 14.7 Å². The first-order valence-corrected chi connectivity index (χ1v) is 5.41. The molecular weight excluding hydrogens is 254 g/mol. The molecule has 0 bridgehead atoms. The van der Waals surface area contributed by atoms with Gasteiger partial charge in [-0.25, -0.2) is 19.3 Å². The molecule has 0 amide bonds. The lowest BCUT2D eigenvalue weighted by Crippen LogP contribution is -2.44. The summed E-state index contributed by atoms with van der Waals surface area (Å²) in [4.78, 5) is 27.2.